The Morgan fingerprint density at radius 3 is 2.80 bits per heavy atom. The van der Waals surface area contributed by atoms with Crippen molar-refractivity contribution in [3.8, 4) is 0 Å². The molecule has 1 aliphatic carbocycles. The highest BCUT2D eigenvalue weighted by atomic mass is 79.9. The van der Waals surface area contributed by atoms with E-state index in [1.807, 2.05) is 30.3 Å². The molecular weight excluding hydrogens is 254 g/mol. The van der Waals surface area contributed by atoms with Gasteiger partial charge in [0.05, 0.1) is 0 Å². The summed E-state index contributed by atoms with van der Waals surface area (Å²) in [4.78, 5) is 11.4. The van der Waals surface area contributed by atoms with Gasteiger partial charge in [0, 0.05) is 16.6 Å². The van der Waals surface area contributed by atoms with Crippen molar-refractivity contribution >= 4 is 27.9 Å². The van der Waals surface area contributed by atoms with Crippen molar-refractivity contribution in [3.63, 3.8) is 0 Å². The number of amides is 1. The van der Waals surface area contributed by atoms with Crippen molar-refractivity contribution in [2.45, 2.75) is 18.9 Å². The monoisotopic (exact) mass is 265 g/mol. The Bertz CT molecular complexity index is 396. The molecule has 0 heterocycles. The van der Waals surface area contributed by atoms with Gasteiger partial charge in [0.25, 0.3) is 0 Å². The van der Waals surface area contributed by atoms with Crippen molar-refractivity contribution in [3.05, 3.63) is 40.4 Å². The van der Waals surface area contributed by atoms with E-state index in [2.05, 4.69) is 21.2 Å². The summed E-state index contributed by atoms with van der Waals surface area (Å²) < 4.78 is 1.00. The van der Waals surface area contributed by atoms with E-state index in [0.29, 0.717) is 6.04 Å². The Morgan fingerprint density at radius 1 is 1.40 bits per heavy atom. The summed E-state index contributed by atoms with van der Waals surface area (Å²) in [7, 11) is 0. The lowest BCUT2D eigenvalue weighted by molar-refractivity contribution is -0.116. The second-order valence-electron chi connectivity index (χ2n) is 3.64. The number of benzene rings is 1. The number of halogens is 1. The van der Waals surface area contributed by atoms with Crippen molar-refractivity contribution < 1.29 is 4.79 Å². The molecule has 1 aliphatic rings. The van der Waals surface area contributed by atoms with Gasteiger partial charge in [0.1, 0.15) is 0 Å². The number of nitrogens with one attached hydrogen (secondary N) is 1. The molecule has 1 N–H and O–H groups in total. The first-order chi connectivity index (χ1) is 7.25. The van der Waals surface area contributed by atoms with Gasteiger partial charge in [-0.3, -0.25) is 4.79 Å². The summed E-state index contributed by atoms with van der Waals surface area (Å²) >= 11 is 3.43. The summed E-state index contributed by atoms with van der Waals surface area (Å²) in [5.41, 5.74) is 1.02. The van der Waals surface area contributed by atoms with Crippen molar-refractivity contribution in [1.29, 1.82) is 0 Å². The molecule has 2 rings (SSSR count). The van der Waals surface area contributed by atoms with E-state index in [1.54, 1.807) is 6.08 Å². The fourth-order valence-corrected chi connectivity index (χ4v) is 1.67. The van der Waals surface area contributed by atoms with Crippen LogP contribution in [-0.4, -0.2) is 11.9 Å². The van der Waals surface area contributed by atoms with Gasteiger partial charge < -0.3 is 5.32 Å². The Hall–Kier alpha value is -1.09. The van der Waals surface area contributed by atoms with Crippen LogP contribution in [0.15, 0.2) is 34.8 Å². The average molecular weight is 266 g/mol. The predicted octanol–water partition coefficient (Wildman–Crippen LogP) is 2.74. The van der Waals surface area contributed by atoms with Gasteiger partial charge in [-0.15, -0.1) is 0 Å². The summed E-state index contributed by atoms with van der Waals surface area (Å²) in [5, 5.41) is 2.90. The molecule has 0 radical (unpaired) electrons. The number of carbonyl (C=O) groups excluding carboxylic acids is 1. The Morgan fingerprint density at radius 2 is 2.13 bits per heavy atom. The van der Waals surface area contributed by atoms with Gasteiger partial charge in [-0.25, -0.2) is 0 Å². The molecule has 0 aliphatic heterocycles. The molecule has 1 amide bonds. The van der Waals surface area contributed by atoms with Gasteiger partial charge in [-0.1, -0.05) is 34.1 Å². The van der Waals surface area contributed by atoms with Crippen molar-refractivity contribution in [1.82, 2.24) is 5.32 Å². The van der Waals surface area contributed by atoms with Crippen LogP contribution in [0.3, 0.4) is 0 Å². The maximum Gasteiger partial charge on any atom is 0.244 e. The molecule has 0 bridgehead atoms. The Labute approximate surface area is 97.5 Å². The van der Waals surface area contributed by atoms with Crippen LogP contribution < -0.4 is 5.32 Å². The first-order valence-corrected chi connectivity index (χ1v) is 5.78. The third-order valence-electron chi connectivity index (χ3n) is 2.24. The molecular formula is C12H12BrNO. The van der Waals surface area contributed by atoms with Crippen LogP contribution in [0.4, 0.5) is 0 Å². The van der Waals surface area contributed by atoms with E-state index in [-0.39, 0.29) is 5.91 Å². The van der Waals surface area contributed by atoms with Crippen molar-refractivity contribution in [2.75, 3.05) is 0 Å². The molecule has 1 fully saturated rings. The molecule has 0 atom stereocenters. The number of hydrogen-bond acceptors (Lipinski definition) is 1. The van der Waals surface area contributed by atoms with E-state index in [1.165, 1.54) is 0 Å². The van der Waals surface area contributed by atoms with Crippen LogP contribution in [-0.2, 0) is 4.79 Å². The first-order valence-electron chi connectivity index (χ1n) is 4.99. The zero-order chi connectivity index (χ0) is 10.7. The highest BCUT2D eigenvalue weighted by Crippen LogP contribution is 2.19. The fraction of sp³-hybridized carbons (Fsp3) is 0.250. The van der Waals surface area contributed by atoms with Crippen molar-refractivity contribution in [2.24, 2.45) is 0 Å². The predicted molar refractivity (Wildman–Crippen MR) is 64.3 cm³/mol. The lowest BCUT2D eigenvalue weighted by Gasteiger charge is -1.98. The summed E-state index contributed by atoms with van der Waals surface area (Å²) in [5.74, 6) is -0.00625. The third-order valence-corrected chi connectivity index (χ3v) is 2.97. The Kier molecular flexibility index (Phi) is 3.21. The molecule has 0 aromatic heterocycles. The van der Waals surface area contributed by atoms with Gasteiger partial charge in [-0.2, -0.15) is 0 Å². The van der Waals surface area contributed by atoms with Gasteiger partial charge in [0.15, 0.2) is 0 Å². The van der Waals surface area contributed by atoms with Crippen LogP contribution in [0.25, 0.3) is 6.08 Å². The van der Waals surface area contributed by atoms with E-state index < -0.39 is 0 Å². The lowest BCUT2D eigenvalue weighted by Crippen LogP contribution is -2.22. The smallest absolute Gasteiger partial charge is 0.244 e. The van der Waals surface area contributed by atoms with Crippen LogP contribution in [0.2, 0.25) is 0 Å². The lowest BCUT2D eigenvalue weighted by atomic mass is 10.2. The molecule has 1 aromatic rings. The quantitative estimate of drug-likeness (QED) is 0.837. The topological polar surface area (TPSA) is 29.1 Å². The molecule has 1 saturated carbocycles. The molecule has 0 spiro atoms. The maximum absolute atomic E-state index is 11.4. The Balaban J connectivity index is 1.97. The van der Waals surface area contributed by atoms with Crippen LogP contribution in [0, 0.1) is 0 Å². The molecule has 2 nitrogen and oxygen atoms in total. The first kappa shape index (κ1) is 10.4. The molecule has 0 saturated heterocycles. The third kappa shape index (κ3) is 3.20. The second kappa shape index (κ2) is 4.62. The van der Waals surface area contributed by atoms with E-state index in [4.69, 9.17) is 0 Å². The molecule has 3 heteroatoms. The van der Waals surface area contributed by atoms with Gasteiger partial charge >= 0.3 is 0 Å². The van der Waals surface area contributed by atoms with Crippen LogP contribution in [0.5, 0.6) is 0 Å². The highest BCUT2D eigenvalue weighted by Gasteiger charge is 2.21. The molecule has 0 unspecified atom stereocenters. The van der Waals surface area contributed by atoms with Gasteiger partial charge in [-0.05, 0) is 30.5 Å². The molecule has 15 heavy (non-hydrogen) atoms. The minimum atomic E-state index is -0.00625. The molecule has 78 valence electrons. The second-order valence-corrected chi connectivity index (χ2v) is 4.49. The van der Waals surface area contributed by atoms with E-state index >= 15 is 0 Å². The van der Waals surface area contributed by atoms with E-state index in [9.17, 15) is 4.79 Å². The molecule has 1 aromatic carbocycles. The van der Waals surface area contributed by atoms with Crippen LogP contribution >= 0.6 is 15.9 Å². The maximum atomic E-state index is 11.4. The van der Waals surface area contributed by atoms with E-state index in [0.717, 1.165) is 22.9 Å². The summed E-state index contributed by atoms with van der Waals surface area (Å²) in [6.45, 7) is 0. The minimum absolute atomic E-state index is 0.00625. The minimum Gasteiger partial charge on any atom is -0.350 e. The number of carbonyl (C=O) groups is 1. The summed E-state index contributed by atoms with van der Waals surface area (Å²) in [6, 6.07) is 8.24. The van der Waals surface area contributed by atoms with Crippen LogP contribution in [0.1, 0.15) is 18.4 Å². The summed E-state index contributed by atoms with van der Waals surface area (Å²) in [6.07, 6.45) is 5.64. The number of rotatable bonds is 3. The van der Waals surface area contributed by atoms with Gasteiger partial charge in [0.2, 0.25) is 5.91 Å². The zero-order valence-electron chi connectivity index (χ0n) is 8.24. The normalized spacial score (nSPS) is 15.5. The fourth-order valence-electron chi connectivity index (χ4n) is 1.25. The number of hydrogen-bond donors (Lipinski definition) is 1. The SMILES string of the molecule is O=C(/C=C\c1ccccc1Br)NC1CC1. The zero-order valence-corrected chi connectivity index (χ0v) is 9.83. The largest absolute Gasteiger partial charge is 0.350 e. The average Bonchev–Trinajstić information content (AvgIpc) is 3.00. The highest BCUT2D eigenvalue weighted by molar-refractivity contribution is 9.10. The standard InChI is InChI=1S/C12H12BrNO/c13-11-4-2-1-3-9(11)5-8-12(15)14-10-6-7-10/h1-5,8,10H,6-7H2,(H,14,15)/b8-5-.